The molecule has 0 heterocycles. The molecule has 184 valence electrons. The van der Waals surface area contributed by atoms with Gasteiger partial charge >= 0.3 is 0 Å². The van der Waals surface area contributed by atoms with Gasteiger partial charge in [-0.2, -0.15) is 0 Å². The summed E-state index contributed by atoms with van der Waals surface area (Å²) >= 11 is 0. The van der Waals surface area contributed by atoms with Crippen molar-refractivity contribution in [1.29, 1.82) is 0 Å². The summed E-state index contributed by atoms with van der Waals surface area (Å²) in [6.07, 6.45) is 21.6. The van der Waals surface area contributed by atoms with Gasteiger partial charge in [0.25, 0.3) is 0 Å². The third-order valence-corrected chi connectivity index (χ3v) is 5.83. The fraction of sp³-hybridized carbons (Fsp3) is 0.135. The molecular weight excluding hydrogens is 444 g/mol. The normalized spacial score (nSPS) is 9.00. The van der Waals surface area contributed by atoms with E-state index in [0.29, 0.717) is 0 Å². The molecule has 0 aliphatic rings. The Morgan fingerprint density at radius 1 is 0.405 bits per heavy atom. The first kappa shape index (κ1) is 32.1. The van der Waals surface area contributed by atoms with E-state index in [9.17, 15) is 0 Å². The fourth-order valence-corrected chi connectivity index (χ4v) is 3.73. The molecule has 4 aromatic rings. The topological polar surface area (TPSA) is 0 Å². The van der Waals surface area contributed by atoms with Crippen LogP contribution in [0.5, 0.6) is 0 Å². The average Bonchev–Trinajstić information content (AvgIpc) is 2.93. The molecule has 0 heteroatoms. The first-order valence-electron chi connectivity index (χ1n) is 10.8. The van der Waals surface area contributed by atoms with Gasteiger partial charge in [0, 0.05) is 27.7 Å². The molecule has 0 aliphatic carbocycles. The van der Waals surface area contributed by atoms with Gasteiger partial charge < -0.3 is 0 Å². The van der Waals surface area contributed by atoms with Gasteiger partial charge in [-0.3, -0.25) is 0 Å². The van der Waals surface area contributed by atoms with E-state index >= 15 is 0 Å². The second kappa shape index (κ2) is 15.2. The maximum atomic E-state index is 5.51. The van der Waals surface area contributed by atoms with Crippen molar-refractivity contribution in [2.24, 2.45) is 0 Å². The van der Waals surface area contributed by atoms with Crippen molar-refractivity contribution in [2.45, 2.75) is 34.6 Å². The Balaban J connectivity index is 0.00000102. The standard InChI is InChI=1S/C26H18.C8H6.3CH4/c1-5-20-8-14-23(15-9-20)26(4,24-16-10-21(6-2)11-17-24)25-18-12-22(7-3)13-19-25;1-2-8-6-4-3-5-7-8;;;/h1-3,8-19H,4H3;1,3-7H;3*1H4. The Labute approximate surface area is 225 Å². The van der Waals surface area contributed by atoms with Crippen molar-refractivity contribution in [3.63, 3.8) is 0 Å². The molecule has 0 N–H and O–H groups in total. The van der Waals surface area contributed by atoms with E-state index in [0.717, 1.165) is 38.9 Å². The monoisotopic (exact) mass is 480 g/mol. The number of benzene rings is 4. The smallest absolute Gasteiger partial charge is 0.0423 e. The molecule has 0 aromatic heterocycles. The molecule has 0 aliphatic heterocycles. The highest BCUT2D eigenvalue weighted by Crippen LogP contribution is 2.39. The maximum Gasteiger partial charge on any atom is 0.0423 e. The van der Waals surface area contributed by atoms with Crippen LogP contribution < -0.4 is 0 Å². The fourth-order valence-electron chi connectivity index (χ4n) is 3.73. The molecule has 0 spiro atoms. The summed E-state index contributed by atoms with van der Waals surface area (Å²) in [6, 6.07) is 33.9. The summed E-state index contributed by atoms with van der Waals surface area (Å²) in [6.45, 7) is 2.20. The van der Waals surface area contributed by atoms with Crippen molar-refractivity contribution in [3.8, 4) is 49.4 Å². The Morgan fingerprint density at radius 3 is 0.865 bits per heavy atom. The highest BCUT2D eigenvalue weighted by atomic mass is 14.3. The van der Waals surface area contributed by atoms with E-state index in [1.165, 1.54) is 0 Å². The third-order valence-electron chi connectivity index (χ3n) is 5.83. The Hall–Kier alpha value is -4.88. The number of hydrogen-bond donors (Lipinski definition) is 0. The lowest BCUT2D eigenvalue weighted by Gasteiger charge is -2.32. The van der Waals surface area contributed by atoms with Gasteiger partial charge in [0.1, 0.15) is 0 Å². The van der Waals surface area contributed by atoms with Gasteiger partial charge in [0.05, 0.1) is 0 Å². The molecule has 0 amide bonds. The zero-order valence-corrected chi connectivity index (χ0v) is 19.1. The van der Waals surface area contributed by atoms with Crippen LogP contribution in [-0.2, 0) is 5.41 Å². The molecule has 4 rings (SSSR count). The van der Waals surface area contributed by atoms with Crippen LogP contribution in [-0.4, -0.2) is 0 Å². The predicted molar refractivity (Wildman–Crippen MR) is 163 cm³/mol. The second-order valence-corrected chi connectivity index (χ2v) is 7.80. The van der Waals surface area contributed by atoms with Crippen molar-refractivity contribution in [2.75, 3.05) is 0 Å². The molecule has 0 radical (unpaired) electrons. The van der Waals surface area contributed by atoms with Gasteiger partial charge in [-0.25, -0.2) is 0 Å². The summed E-state index contributed by atoms with van der Waals surface area (Å²) in [4.78, 5) is 0. The Bertz CT molecular complexity index is 1250. The SMILES string of the molecule is C.C.C.C#Cc1ccc(C(C)(c2ccc(C#C)cc2)c2ccc(C#C)cc2)cc1.C#Cc1ccccc1. The van der Waals surface area contributed by atoms with E-state index in [1.807, 2.05) is 66.7 Å². The second-order valence-electron chi connectivity index (χ2n) is 7.80. The van der Waals surface area contributed by atoms with E-state index in [4.69, 9.17) is 25.7 Å². The first-order valence-corrected chi connectivity index (χ1v) is 10.8. The summed E-state index contributed by atoms with van der Waals surface area (Å²) in [5.41, 5.74) is 6.63. The van der Waals surface area contributed by atoms with Crippen molar-refractivity contribution in [3.05, 3.63) is 142 Å². The van der Waals surface area contributed by atoms with Crippen LogP contribution >= 0.6 is 0 Å². The van der Waals surface area contributed by atoms with Crippen molar-refractivity contribution < 1.29 is 0 Å². The molecule has 0 atom stereocenters. The van der Waals surface area contributed by atoms with Crippen LogP contribution in [0.15, 0.2) is 103 Å². The lowest BCUT2D eigenvalue weighted by molar-refractivity contribution is 0.692. The summed E-state index contributed by atoms with van der Waals surface area (Å²) < 4.78 is 0. The Morgan fingerprint density at radius 2 is 0.649 bits per heavy atom. The van der Waals surface area contributed by atoms with E-state index in [1.54, 1.807) is 0 Å². The number of hydrogen-bond acceptors (Lipinski definition) is 0. The molecule has 4 aromatic carbocycles. The van der Waals surface area contributed by atoms with Crippen LogP contribution in [0, 0.1) is 49.4 Å². The minimum Gasteiger partial charge on any atom is -0.115 e. The molecule has 0 unspecified atom stereocenters. The molecule has 37 heavy (non-hydrogen) atoms. The summed E-state index contributed by atoms with van der Waals surface area (Å²) in [5.74, 6) is 10.5. The van der Waals surface area contributed by atoms with E-state index in [-0.39, 0.29) is 27.7 Å². The maximum absolute atomic E-state index is 5.51. The van der Waals surface area contributed by atoms with Gasteiger partial charge in [-0.05, 0) is 72.1 Å². The first-order chi connectivity index (χ1) is 16.5. The lowest BCUT2D eigenvalue weighted by atomic mass is 9.71. The quantitative estimate of drug-likeness (QED) is 0.203. The van der Waals surface area contributed by atoms with Gasteiger partial charge in [0.2, 0.25) is 0 Å². The molecular formula is C37H36. The summed E-state index contributed by atoms with van der Waals surface area (Å²) in [7, 11) is 0. The lowest BCUT2D eigenvalue weighted by Crippen LogP contribution is -2.25. The van der Waals surface area contributed by atoms with Gasteiger partial charge in [-0.15, -0.1) is 25.7 Å². The Kier molecular flexibility index (Phi) is 13.2. The third kappa shape index (κ3) is 7.55. The van der Waals surface area contributed by atoms with Crippen molar-refractivity contribution >= 4 is 0 Å². The highest BCUT2D eigenvalue weighted by Gasteiger charge is 2.31. The van der Waals surface area contributed by atoms with E-state index in [2.05, 4.69) is 67.0 Å². The highest BCUT2D eigenvalue weighted by molar-refractivity contribution is 5.53. The van der Waals surface area contributed by atoms with Crippen LogP contribution in [0.2, 0.25) is 0 Å². The van der Waals surface area contributed by atoms with Crippen LogP contribution in [0.1, 0.15) is 68.1 Å². The molecule has 0 nitrogen and oxygen atoms in total. The van der Waals surface area contributed by atoms with Gasteiger partial charge in [-0.1, -0.05) is 101 Å². The largest absolute Gasteiger partial charge is 0.115 e. The summed E-state index contributed by atoms with van der Waals surface area (Å²) in [5, 5.41) is 0. The molecule has 0 bridgehead atoms. The predicted octanol–water partition coefficient (Wildman–Crippen LogP) is 8.56. The number of rotatable bonds is 3. The molecule has 0 saturated heterocycles. The van der Waals surface area contributed by atoms with Crippen LogP contribution in [0.3, 0.4) is 0 Å². The van der Waals surface area contributed by atoms with Crippen LogP contribution in [0.4, 0.5) is 0 Å². The minimum atomic E-state index is -0.354. The van der Waals surface area contributed by atoms with Crippen LogP contribution in [0.25, 0.3) is 0 Å². The molecule has 0 saturated carbocycles. The van der Waals surface area contributed by atoms with E-state index < -0.39 is 0 Å². The zero-order valence-electron chi connectivity index (χ0n) is 19.1. The zero-order chi connectivity index (χ0) is 24.4. The molecule has 0 fully saturated rings. The minimum absolute atomic E-state index is 0. The number of terminal acetylenes is 4. The average molecular weight is 481 g/mol. The van der Waals surface area contributed by atoms with Crippen molar-refractivity contribution in [1.82, 2.24) is 0 Å². The van der Waals surface area contributed by atoms with Gasteiger partial charge in [0.15, 0.2) is 0 Å².